The van der Waals surface area contributed by atoms with Gasteiger partial charge >= 0.3 is 0 Å². The normalized spacial score (nSPS) is 15.1. The number of hydrogen-bond donors (Lipinski definition) is 1. The zero-order chi connectivity index (χ0) is 10.6. The molecule has 0 heterocycles. The molecule has 0 saturated heterocycles. The molecule has 1 aromatic rings. The van der Waals surface area contributed by atoms with Crippen LogP contribution in [0.25, 0.3) is 0 Å². The van der Waals surface area contributed by atoms with Crippen LogP contribution in [0.15, 0.2) is 28.7 Å². The Hall–Kier alpha value is -0.380. The smallest absolute Gasteiger partial charge is 0.113 e. The van der Waals surface area contributed by atoms with Crippen molar-refractivity contribution in [3.63, 3.8) is 0 Å². The van der Waals surface area contributed by atoms with E-state index in [9.17, 15) is 5.11 Å². The molecule has 78 valence electrons. The van der Waals surface area contributed by atoms with Crippen molar-refractivity contribution in [2.24, 2.45) is 0 Å². The Bertz CT molecular complexity index is 301. The van der Waals surface area contributed by atoms with E-state index in [2.05, 4.69) is 15.9 Å². The molecular formula is C11H15BrO2. The molecule has 0 radical (unpaired) electrons. The third-order valence-electron chi connectivity index (χ3n) is 2.33. The largest absolute Gasteiger partial charge is 0.383 e. The standard InChI is InChI=1S/C11H15BrO2/c1-3-11(13,8-14-2)9-5-4-6-10(12)7-9/h4-7,13H,3,8H2,1-2H3. The summed E-state index contributed by atoms with van der Waals surface area (Å²) in [6, 6.07) is 7.68. The molecular weight excluding hydrogens is 244 g/mol. The Morgan fingerprint density at radius 1 is 1.50 bits per heavy atom. The average molecular weight is 259 g/mol. The molecule has 1 atom stereocenters. The van der Waals surface area contributed by atoms with Gasteiger partial charge in [0, 0.05) is 11.6 Å². The van der Waals surface area contributed by atoms with Gasteiger partial charge in [0.05, 0.1) is 6.61 Å². The first kappa shape index (κ1) is 11.7. The minimum atomic E-state index is -0.876. The maximum absolute atomic E-state index is 10.3. The highest BCUT2D eigenvalue weighted by atomic mass is 79.9. The Morgan fingerprint density at radius 3 is 2.71 bits per heavy atom. The maximum Gasteiger partial charge on any atom is 0.113 e. The Kier molecular flexibility index (Phi) is 4.11. The number of aliphatic hydroxyl groups is 1. The van der Waals surface area contributed by atoms with Gasteiger partial charge in [-0.2, -0.15) is 0 Å². The van der Waals surface area contributed by atoms with Gasteiger partial charge in [-0.05, 0) is 24.1 Å². The van der Waals surface area contributed by atoms with Gasteiger partial charge in [0.15, 0.2) is 0 Å². The number of methoxy groups -OCH3 is 1. The van der Waals surface area contributed by atoms with Gasteiger partial charge in [-0.1, -0.05) is 35.0 Å². The average Bonchev–Trinajstić information content (AvgIpc) is 2.18. The van der Waals surface area contributed by atoms with E-state index in [0.717, 1.165) is 10.0 Å². The molecule has 0 aliphatic rings. The lowest BCUT2D eigenvalue weighted by Gasteiger charge is -2.26. The highest BCUT2D eigenvalue weighted by molar-refractivity contribution is 9.10. The molecule has 0 bridgehead atoms. The van der Waals surface area contributed by atoms with E-state index in [1.165, 1.54) is 0 Å². The van der Waals surface area contributed by atoms with Gasteiger partial charge in [-0.3, -0.25) is 0 Å². The van der Waals surface area contributed by atoms with Crippen molar-refractivity contribution in [1.82, 2.24) is 0 Å². The van der Waals surface area contributed by atoms with Crippen molar-refractivity contribution in [3.8, 4) is 0 Å². The van der Waals surface area contributed by atoms with E-state index in [1.807, 2.05) is 31.2 Å². The number of hydrogen-bond acceptors (Lipinski definition) is 2. The van der Waals surface area contributed by atoms with Crippen molar-refractivity contribution in [2.45, 2.75) is 18.9 Å². The summed E-state index contributed by atoms with van der Waals surface area (Å²) in [7, 11) is 1.60. The molecule has 1 N–H and O–H groups in total. The zero-order valence-corrected chi connectivity index (χ0v) is 10.0. The number of benzene rings is 1. The molecule has 3 heteroatoms. The maximum atomic E-state index is 10.3. The quantitative estimate of drug-likeness (QED) is 0.900. The van der Waals surface area contributed by atoms with E-state index in [0.29, 0.717) is 13.0 Å². The monoisotopic (exact) mass is 258 g/mol. The summed E-state index contributed by atoms with van der Waals surface area (Å²) in [4.78, 5) is 0. The van der Waals surface area contributed by atoms with Crippen LogP contribution in [0.3, 0.4) is 0 Å². The van der Waals surface area contributed by atoms with E-state index >= 15 is 0 Å². The molecule has 0 amide bonds. The van der Waals surface area contributed by atoms with Crippen LogP contribution >= 0.6 is 15.9 Å². The van der Waals surface area contributed by atoms with Crippen molar-refractivity contribution in [1.29, 1.82) is 0 Å². The molecule has 0 aromatic heterocycles. The second-order valence-electron chi connectivity index (χ2n) is 3.33. The van der Waals surface area contributed by atoms with Crippen LogP contribution in [-0.2, 0) is 10.3 Å². The first-order valence-electron chi connectivity index (χ1n) is 4.60. The van der Waals surface area contributed by atoms with Crippen LogP contribution in [0.1, 0.15) is 18.9 Å². The molecule has 1 aromatic carbocycles. The molecule has 14 heavy (non-hydrogen) atoms. The summed E-state index contributed by atoms with van der Waals surface area (Å²) >= 11 is 3.38. The van der Waals surface area contributed by atoms with Crippen molar-refractivity contribution in [3.05, 3.63) is 34.3 Å². The summed E-state index contributed by atoms with van der Waals surface area (Å²) in [5.74, 6) is 0. The van der Waals surface area contributed by atoms with Crippen molar-refractivity contribution in [2.75, 3.05) is 13.7 Å². The van der Waals surface area contributed by atoms with Crippen LogP contribution in [0.2, 0.25) is 0 Å². The van der Waals surface area contributed by atoms with Crippen LogP contribution in [0.5, 0.6) is 0 Å². The Balaban J connectivity index is 2.99. The molecule has 1 unspecified atom stereocenters. The minimum absolute atomic E-state index is 0.319. The lowest BCUT2D eigenvalue weighted by molar-refractivity contribution is -0.0386. The van der Waals surface area contributed by atoms with Crippen LogP contribution in [-0.4, -0.2) is 18.8 Å². The summed E-state index contributed by atoms with van der Waals surface area (Å²) in [5.41, 5.74) is 0.00894. The second-order valence-corrected chi connectivity index (χ2v) is 4.24. The summed E-state index contributed by atoms with van der Waals surface area (Å²) in [6.07, 6.45) is 0.636. The summed E-state index contributed by atoms with van der Waals surface area (Å²) in [5, 5.41) is 10.3. The molecule has 2 nitrogen and oxygen atoms in total. The molecule has 0 aliphatic heterocycles. The van der Waals surface area contributed by atoms with Crippen LogP contribution in [0.4, 0.5) is 0 Å². The molecule has 0 spiro atoms. The predicted molar refractivity (Wildman–Crippen MR) is 60.2 cm³/mol. The Labute approximate surface area is 93.0 Å². The fourth-order valence-electron chi connectivity index (χ4n) is 1.41. The van der Waals surface area contributed by atoms with Gasteiger partial charge in [-0.15, -0.1) is 0 Å². The summed E-state index contributed by atoms with van der Waals surface area (Å²) in [6.45, 7) is 2.26. The Morgan fingerprint density at radius 2 is 2.21 bits per heavy atom. The van der Waals surface area contributed by atoms with Crippen molar-refractivity contribution < 1.29 is 9.84 Å². The summed E-state index contributed by atoms with van der Waals surface area (Å²) < 4.78 is 6.00. The molecule has 1 rings (SSSR count). The topological polar surface area (TPSA) is 29.5 Å². The zero-order valence-electron chi connectivity index (χ0n) is 8.46. The third kappa shape index (κ3) is 2.56. The van der Waals surface area contributed by atoms with E-state index in [4.69, 9.17) is 4.74 Å². The molecule has 0 fully saturated rings. The third-order valence-corrected chi connectivity index (χ3v) is 2.82. The van der Waals surface area contributed by atoms with Gasteiger partial charge in [0.2, 0.25) is 0 Å². The lowest BCUT2D eigenvalue weighted by atomic mass is 9.92. The predicted octanol–water partition coefficient (Wildman–Crippen LogP) is 2.69. The lowest BCUT2D eigenvalue weighted by Crippen LogP contribution is -2.30. The highest BCUT2D eigenvalue weighted by Gasteiger charge is 2.26. The second kappa shape index (κ2) is 4.91. The number of ether oxygens (including phenoxy) is 1. The van der Waals surface area contributed by atoms with Gasteiger partial charge < -0.3 is 9.84 Å². The molecule has 0 saturated carbocycles. The highest BCUT2D eigenvalue weighted by Crippen LogP contribution is 2.27. The van der Waals surface area contributed by atoms with E-state index in [1.54, 1.807) is 7.11 Å². The van der Waals surface area contributed by atoms with Crippen LogP contribution < -0.4 is 0 Å². The van der Waals surface area contributed by atoms with Gasteiger partial charge in [0.25, 0.3) is 0 Å². The first-order valence-corrected chi connectivity index (χ1v) is 5.39. The number of halogens is 1. The van der Waals surface area contributed by atoms with E-state index in [-0.39, 0.29) is 0 Å². The minimum Gasteiger partial charge on any atom is -0.383 e. The first-order chi connectivity index (χ1) is 6.62. The fourth-order valence-corrected chi connectivity index (χ4v) is 1.81. The van der Waals surface area contributed by atoms with Gasteiger partial charge in [0.1, 0.15) is 5.60 Å². The van der Waals surface area contributed by atoms with E-state index < -0.39 is 5.60 Å². The van der Waals surface area contributed by atoms with Crippen molar-refractivity contribution >= 4 is 15.9 Å². The van der Waals surface area contributed by atoms with Crippen LogP contribution in [0, 0.1) is 0 Å². The fraction of sp³-hybridized carbons (Fsp3) is 0.455. The van der Waals surface area contributed by atoms with Gasteiger partial charge in [-0.25, -0.2) is 0 Å². The molecule has 0 aliphatic carbocycles. The SMILES string of the molecule is CCC(O)(COC)c1cccc(Br)c1. The number of rotatable bonds is 4.